The number of hydrogen-bond donors (Lipinski definition) is 1. The quantitative estimate of drug-likeness (QED) is 0.639. The molecule has 1 atom stereocenters. The first-order valence-electron chi connectivity index (χ1n) is 7.67. The van der Waals surface area contributed by atoms with E-state index in [-0.39, 0.29) is 12.1 Å². The van der Waals surface area contributed by atoms with Crippen molar-refractivity contribution in [1.29, 1.82) is 0 Å². The lowest BCUT2D eigenvalue weighted by molar-refractivity contribution is -0.150. The molecular weight excluding hydrogens is 250 g/mol. The van der Waals surface area contributed by atoms with E-state index in [1.54, 1.807) is 0 Å². The lowest BCUT2D eigenvalue weighted by atomic mass is 9.89. The Morgan fingerprint density at radius 2 is 2.20 bits per heavy atom. The number of fused-ring (bicyclic) bond motifs is 1. The molecule has 0 fully saturated rings. The molecule has 20 heavy (non-hydrogen) atoms. The van der Waals surface area contributed by atoms with E-state index in [0.717, 1.165) is 32.2 Å². The molecule has 110 valence electrons. The molecule has 0 aliphatic heterocycles. The Labute approximate surface area is 121 Å². The summed E-state index contributed by atoms with van der Waals surface area (Å²) in [4.78, 5) is 11.9. The molecule has 0 heterocycles. The highest BCUT2D eigenvalue weighted by molar-refractivity contribution is 5.69. The number of nitrogens with one attached hydrogen (secondary N) is 1. The van der Waals surface area contributed by atoms with Crippen LogP contribution in [0, 0.1) is 0 Å². The van der Waals surface area contributed by atoms with E-state index in [1.165, 1.54) is 11.1 Å². The van der Waals surface area contributed by atoms with Gasteiger partial charge in [0.15, 0.2) is 0 Å². The summed E-state index contributed by atoms with van der Waals surface area (Å²) < 4.78 is 5.66. The van der Waals surface area contributed by atoms with Crippen LogP contribution in [0.3, 0.4) is 0 Å². The molecule has 0 radical (unpaired) electrons. The molecule has 0 bridgehead atoms. The Kier molecular flexibility index (Phi) is 5.60. The fourth-order valence-electron chi connectivity index (χ4n) is 2.67. The molecule has 0 saturated heterocycles. The van der Waals surface area contributed by atoms with Gasteiger partial charge in [-0.15, -0.1) is 0 Å². The van der Waals surface area contributed by atoms with E-state index in [1.807, 2.05) is 6.07 Å². The number of carbonyl (C=O) groups excluding carboxylic acids is 1. The molecule has 1 aromatic carbocycles. The summed E-state index contributed by atoms with van der Waals surface area (Å²) >= 11 is 0. The minimum atomic E-state index is -0.0720. The highest BCUT2D eigenvalue weighted by Crippen LogP contribution is 2.32. The van der Waals surface area contributed by atoms with Crippen molar-refractivity contribution in [3.05, 3.63) is 35.4 Å². The van der Waals surface area contributed by atoms with E-state index >= 15 is 0 Å². The third-order valence-corrected chi connectivity index (χ3v) is 3.70. The van der Waals surface area contributed by atoms with E-state index in [9.17, 15) is 4.79 Å². The molecular formula is C17H25NO2. The lowest BCUT2D eigenvalue weighted by Crippen LogP contribution is -2.24. The SMILES string of the molecule is CC(C)NCCCC(=O)OC1CCCc2ccccc21. The highest BCUT2D eigenvalue weighted by atomic mass is 16.5. The van der Waals surface area contributed by atoms with E-state index in [2.05, 4.69) is 37.4 Å². The van der Waals surface area contributed by atoms with Crippen LogP contribution in [0.25, 0.3) is 0 Å². The number of aryl methyl sites for hydroxylation is 1. The number of ether oxygens (including phenoxy) is 1. The van der Waals surface area contributed by atoms with E-state index < -0.39 is 0 Å². The van der Waals surface area contributed by atoms with Crippen molar-refractivity contribution in [2.45, 2.75) is 58.1 Å². The first-order valence-corrected chi connectivity index (χ1v) is 7.67. The zero-order valence-corrected chi connectivity index (χ0v) is 12.5. The summed E-state index contributed by atoms with van der Waals surface area (Å²) in [5.74, 6) is -0.0720. The maximum absolute atomic E-state index is 11.9. The molecule has 0 saturated carbocycles. The van der Waals surface area contributed by atoms with Gasteiger partial charge in [0.1, 0.15) is 6.10 Å². The van der Waals surface area contributed by atoms with Gasteiger partial charge in [-0.2, -0.15) is 0 Å². The first kappa shape index (κ1) is 15.0. The van der Waals surface area contributed by atoms with Gasteiger partial charge in [-0.3, -0.25) is 4.79 Å². The van der Waals surface area contributed by atoms with Gasteiger partial charge in [0.25, 0.3) is 0 Å². The normalized spacial score (nSPS) is 17.9. The summed E-state index contributed by atoms with van der Waals surface area (Å²) in [6, 6.07) is 8.78. The minimum Gasteiger partial charge on any atom is -0.457 e. The maximum Gasteiger partial charge on any atom is 0.306 e. The third kappa shape index (κ3) is 4.34. The topological polar surface area (TPSA) is 38.3 Å². The number of carbonyl (C=O) groups is 1. The van der Waals surface area contributed by atoms with Crippen molar-refractivity contribution in [2.24, 2.45) is 0 Å². The first-order chi connectivity index (χ1) is 9.66. The summed E-state index contributed by atoms with van der Waals surface area (Å²) in [6.07, 6.45) is 4.45. The van der Waals surface area contributed by atoms with Crippen LogP contribution in [0.4, 0.5) is 0 Å². The van der Waals surface area contributed by atoms with Gasteiger partial charge in [0, 0.05) is 12.5 Å². The van der Waals surface area contributed by atoms with Crippen LogP contribution in [-0.4, -0.2) is 18.6 Å². The fraction of sp³-hybridized carbons (Fsp3) is 0.588. The van der Waals surface area contributed by atoms with Crippen LogP contribution in [0.15, 0.2) is 24.3 Å². The fourth-order valence-corrected chi connectivity index (χ4v) is 2.67. The standard InChI is InChI=1S/C17H25NO2/c1-13(2)18-12-6-11-17(19)20-16-10-5-8-14-7-3-4-9-15(14)16/h3-4,7,9,13,16,18H,5-6,8,10-12H2,1-2H3. The summed E-state index contributed by atoms with van der Waals surface area (Å²) in [7, 11) is 0. The average molecular weight is 275 g/mol. The Morgan fingerprint density at radius 3 is 3.00 bits per heavy atom. The van der Waals surface area contributed by atoms with Crippen molar-refractivity contribution in [1.82, 2.24) is 5.32 Å². The molecule has 0 aromatic heterocycles. The number of benzene rings is 1. The van der Waals surface area contributed by atoms with E-state index in [0.29, 0.717) is 12.5 Å². The zero-order chi connectivity index (χ0) is 14.4. The molecule has 1 aliphatic rings. The largest absolute Gasteiger partial charge is 0.457 e. The summed E-state index contributed by atoms with van der Waals surface area (Å²) in [5, 5.41) is 3.31. The van der Waals surface area contributed by atoms with Crippen LogP contribution in [0.1, 0.15) is 56.8 Å². The van der Waals surface area contributed by atoms with Gasteiger partial charge < -0.3 is 10.1 Å². The van der Waals surface area contributed by atoms with Crippen molar-refractivity contribution in [3.63, 3.8) is 0 Å². The second-order valence-electron chi connectivity index (χ2n) is 5.78. The average Bonchev–Trinajstić information content (AvgIpc) is 2.44. The third-order valence-electron chi connectivity index (χ3n) is 3.70. The number of hydrogen-bond acceptors (Lipinski definition) is 3. The van der Waals surface area contributed by atoms with Gasteiger partial charge in [0.2, 0.25) is 0 Å². The summed E-state index contributed by atoms with van der Waals surface area (Å²) in [6.45, 7) is 5.09. The van der Waals surface area contributed by atoms with E-state index in [4.69, 9.17) is 4.74 Å². The highest BCUT2D eigenvalue weighted by Gasteiger charge is 2.22. The molecule has 3 heteroatoms. The monoisotopic (exact) mass is 275 g/mol. The molecule has 1 N–H and O–H groups in total. The molecule has 1 aliphatic carbocycles. The molecule has 0 amide bonds. The number of rotatable bonds is 6. The van der Waals surface area contributed by atoms with Gasteiger partial charge in [0.05, 0.1) is 0 Å². The molecule has 1 unspecified atom stereocenters. The Hall–Kier alpha value is -1.35. The Morgan fingerprint density at radius 1 is 1.40 bits per heavy atom. The molecule has 3 nitrogen and oxygen atoms in total. The van der Waals surface area contributed by atoms with Crippen LogP contribution < -0.4 is 5.32 Å². The lowest BCUT2D eigenvalue weighted by Gasteiger charge is -2.25. The van der Waals surface area contributed by atoms with Crippen molar-refractivity contribution in [3.8, 4) is 0 Å². The zero-order valence-electron chi connectivity index (χ0n) is 12.5. The second-order valence-corrected chi connectivity index (χ2v) is 5.78. The maximum atomic E-state index is 11.9. The minimum absolute atomic E-state index is 0.0366. The molecule has 0 spiro atoms. The summed E-state index contributed by atoms with van der Waals surface area (Å²) in [5.41, 5.74) is 2.53. The van der Waals surface area contributed by atoms with Crippen molar-refractivity contribution >= 4 is 5.97 Å². The molecule has 1 aromatic rings. The van der Waals surface area contributed by atoms with Crippen LogP contribution >= 0.6 is 0 Å². The Bertz CT molecular complexity index is 442. The molecule has 2 rings (SSSR count). The predicted octanol–water partition coefficient (Wildman–Crippen LogP) is 3.39. The number of esters is 1. The van der Waals surface area contributed by atoms with Crippen molar-refractivity contribution < 1.29 is 9.53 Å². The van der Waals surface area contributed by atoms with Gasteiger partial charge in [-0.1, -0.05) is 38.1 Å². The van der Waals surface area contributed by atoms with Gasteiger partial charge in [-0.25, -0.2) is 0 Å². The van der Waals surface area contributed by atoms with Crippen LogP contribution in [0.5, 0.6) is 0 Å². The van der Waals surface area contributed by atoms with Gasteiger partial charge in [-0.05, 0) is 43.4 Å². The smallest absolute Gasteiger partial charge is 0.306 e. The second kappa shape index (κ2) is 7.44. The van der Waals surface area contributed by atoms with Crippen LogP contribution in [0.2, 0.25) is 0 Å². The van der Waals surface area contributed by atoms with Crippen molar-refractivity contribution in [2.75, 3.05) is 6.54 Å². The predicted molar refractivity (Wildman–Crippen MR) is 80.6 cm³/mol. The Balaban J connectivity index is 1.80. The van der Waals surface area contributed by atoms with Crippen LogP contribution in [-0.2, 0) is 16.0 Å². The van der Waals surface area contributed by atoms with Gasteiger partial charge >= 0.3 is 5.97 Å².